The molecule has 0 unspecified atom stereocenters. The molecular formula is C13H19NO2S. The number of carbonyl (C=O) groups excluding carboxylic acids is 1. The van der Waals surface area contributed by atoms with Gasteiger partial charge in [0.15, 0.2) is 0 Å². The molecule has 0 aliphatic heterocycles. The average Bonchev–Trinajstić information content (AvgIpc) is 2.79. The van der Waals surface area contributed by atoms with E-state index in [1.165, 1.54) is 37.8 Å². The van der Waals surface area contributed by atoms with Crippen LogP contribution in [0.3, 0.4) is 0 Å². The van der Waals surface area contributed by atoms with E-state index in [0.29, 0.717) is 18.9 Å². The van der Waals surface area contributed by atoms with Crippen LogP contribution in [-0.4, -0.2) is 17.6 Å². The summed E-state index contributed by atoms with van der Waals surface area (Å²) in [5.74, 6) is 0.452. The zero-order valence-corrected chi connectivity index (χ0v) is 11.1. The lowest BCUT2D eigenvalue weighted by atomic mass is 9.87. The first-order valence-electron chi connectivity index (χ1n) is 6.39. The van der Waals surface area contributed by atoms with Crippen molar-refractivity contribution in [1.82, 2.24) is 4.98 Å². The van der Waals surface area contributed by atoms with Crippen LogP contribution in [-0.2, 0) is 16.0 Å². The second-order valence-electron chi connectivity index (χ2n) is 4.48. The third kappa shape index (κ3) is 3.53. The minimum Gasteiger partial charge on any atom is -0.466 e. The van der Waals surface area contributed by atoms with Crippen molar-refractivity contribution < 1.29 is 9.53 Å². The summed E-state index contributed by atoms with van der Waals surface area (Å²) < 4.78 is 4.93. The van der Waals surface area contributed by atoms with Crippen molar-refractivity contribution in [3.63, 3.8) is 0 Å². The maximum absolute atomic E-state index is 11.3. The van der Waals surface area contributed by atoms with Crippen LogP contribution in [0, 0.1) is 0 Å². The summed E-state index contributed by atoms with van der Waals surface area (Å²) >= 11 is 1.59. The number of ether oxygens (including phenoxy) is 1. The quantitative estimate of drug-likeness (QED) is 0.773. The summed E-state index contributed by atoms with van der Waals surface area (Å²) in [5, 5.41) is 3.01. The van der Waals surface area contributed by atoms with Gasteiger partial charge in [-0.05, 0) is 19.8 Å². The van der Waals surface area contributed by atoms with E-state index in [9.17, 15) is 4.79 Å². The van der Waals surface area contributed by atoms with Crippen molar-refractivity contribution in [2.45, 2.75) is 51.4 Å². The van der Waals surface area contributed by atoms with E-state index in [1.54, 1.807) is 11.3 Å². The SMILES string of the molecule is CCOC(=O)Cc1nc(C2CCCCC2)cs1. The third-order valence-corrected chi connectivity index (χ3v) is 4.06. The Hall–Kier alpha value is -0.900. The maximum Gasteiger partial charge on any atom is 0.312 e. The van der Waals surface area contributed by atoms with Gasteiger partial charge in [0.1, 0.15) is 5.01 Å². The Morgan fingerprint density at radius 3 is 2.94 bits per heavy atom. The van der Waals surface area contributed by atoms with E-state index in [2.05, 4.69) is 10.4 Å². The predicted molar refractivity (Wildman–Crippen MR) is 68.3 cm³/mol. The number of carbonyl (C=O) groups is 1. The lowest BCUT2D eigenvalue weighted by Gasteiger charge is -2.19. The van der Waals surface area contributed by atoms with Crippen molar-refractivity contribution >= 4 is 17.3 Å². The Bertz CT molecular complexity index is 369. The van der Waals surface area contributed by atoms with Gasteiger partial charge in [0.2, 0.25) is 0 Å². The van der Waals surface area contributed by atoms with Crippen LogP contribution in [0.25, 0.3) is 0 Å². The summed E-state index contributed by atoms with van der Waals surface area (Å²) in [6.07, 6.45) is 6.82. The molecule has 2 rings (SSSR count). The highest BCUT2D eigenvalue weighted by molar-refractivity contribution is 7.09. The molecule has 1 aromatic rings. The maximum atomic E-state index is 11.3. The molecule has 0 spiro atoms. The molecule has 17 heavy (non-hydrogen) atoms. The number of aromatic nitrogens is 1. The minimum absolute atomic E-state index is 0.169. The van der Waals surface area contributed by atoms with Crippen LogP contribution in [0.2, 0.25) is 0 Å². The molecule has 0 aromatic carbocycles. The van der Waals surface area contributed by atoms with Crippen molar-refractivity contribution in [3.8, 4) is 0 Å². The summed E-state index contributed by atoms with van der Waals surface area (Å²) in [6, 6.07) is 0. The number of hydrogen-bond acceptors (Lipinski definition) is 4. The first-order valence-corrected chi connectivity index (χ1v) is 7.27. The highest BCUT2D eigenvalue weighted by atomic mass is 32.1. The fourth-order valence-electron chi connectivity index (χ4n) is 2.33. The van der Waals surface area contributed by atoms with Crippen molar-refractivity contribution in [2.24, 2.45) is 0 Å². The van der Waals surface area contributed by atoms with Gasteiger partial charge in [-0.15, -0.1) is 11.3 Å². The van der Waals surface area contributed by atoms with Crippen LogP contribution in [0.15, 0.2) is 5.38 Å². The first-order chi connectivity index (χ1) is 8.29. The number of nitrogens with zero attached hydrogens (tertiary/aromatic N) is 1. The van der Waals surface area contributed by atoms with E-state index >= 15 is 0 Å². The van der Waals surface area contributed by atoms with E-state index in [-0.39, 0.29) is 5.97 Å². The monoisotopic (exact) mass is 253 g/mol. The van der Waals surface area contributed by atoms with Gasteiger partial charge in [-0.2, -0.15) is 0 Å². The number of esters is 1. The smallest absolute Gasteiger partial charge is 0.312 e. The molecule has 1 saturated carbocycles. The molecule has 1 fully saturated rings. The van der Waals surface area contributed by atoms with Crippen LogP contribution in [0.4, 0.5) is 0 Å². The molecule has 0 saturated heterocycles. The Balaban J connectivity index is 1.93. The molecule has 1 aliphatic carbocycles. The molecule has 0 radical (unpaired) electrons. The van der Waals surface area contributed by atoms with Gasteiger partial charge < -0.3 is 4.74 Å². The average molecular weight is 253 g/mol. The first kappa shape index (κ1) is 12.6. The van der Waals surface area contributed by atoms with Crippen LogP contribution in [0.5, 0.6) is 0 Å². The lowest BCUT2D eigenvalue weighted by molar-refractivity contribution is -0.142. The van der Waals surface area contributed by atoms with Gasteiger partial charge in [0.05, 0.1) is 18.7 Å². The van der Waals surface area contributed by atoms with Gasteiger partial charge in [-0.1, -0.05) is 19.3 Å². The Kier molecular flexibility index (Phi) is 4.54. The molecule has 1 aromatic heterocycles. The lowest BCUT2D eigenvalue weighted by Crippen LogP contribution is -2.08. The van der Waals surface area contributed by atoms with Crippen LogP contribution < -0.4 is 0 Å². The number of thiazole rings is 1. The highest BCUT2D eigenvalue weighted by Gasteiger charge is 2.18. The predicted octanol–water partition coefficient (Wildman–Crippen LogP) is 3.30. The normalized spacial score (nSPS) is 17.0. The zero-order valence-electron chi connectivity index (χ0n) is 10.3. The standard InChI is InChI=1S/C13H19NO2S/c1-2-16-13(15)8-12-14-11(9-17-12)10-6-4-3-5-7-10/h9-10H,2-8H2,1H3. The molecule has 1 aliphatic rings. The molecule has 0 amide bonds. The largest absolute Gasteiger partial charge is 0.466 e. The molecule has 3 nitrogen and oxygen atoms in total. The Morgan fingerprint density at radius 1 is 1.47 bits per heavy atom. The van der Waals surface area contributed by atoms with Crippen LogP contribution in [0.1, 0.15) is 55.6 Å². The number of rotatable bonds is 4. The van der Waals surface area contributed by atoms with Crippen LogP contribution >= 0.6 is 11.3 Å². The number of hydrogen-bond donors (Lipinski definition) is 0. The molecule has 4 heteroatoms. The summed E-state index contributed by atoms with van der Waals surface area (Å²) in [6.45, 7) is 2.27. The molecule has 0 N–H and O–H groups in total. The summed E-state index contributed by atoms with van der Waals surface area (Å²) in [4.78, 5) is 15.9. The molecule has 1 heterocycles. The van der Waals surface area contributed by atoms with Crippen molar-refractivity contribution in [1.29, 1.82) is 0 Å². The van der Waals surface area contributed by atoms with Gasteiger partial charge >= 0.3 is 5.97 Å². The topological polar surface area (TPSA) is 39.2 Å². The highest BCUT2D eigenvalue weighted by Crippen LogP contribution is 2.33. The fraction of sp³-hybridized carbons (Fsp3) is 0.692. The van der Waals surface area contributed by atoms with Gasteiger partial charge in [-0.3, -0.25) is 4.79 Å². The second-order valence-corrected chi connectivity index (χ2v) is 5.43. The summed E-state index contributed by atoms with van der Waals surface area (Å²) in [7, 11) is 0. The van der Waals surface area contributed by atoms with Gasteiger partial charge in [0.25, 0.3) is 0 Å². The van der Waals surface area contributed by atoms with E-state index in [1.807, 2.05) is 6.92 Å². The minimum atomic E-state index is -0.169. The Morgan fingerprint density at radius 2 is 2.24 bits per heavy atom. The van der Waals surface area contributed by atoms with Crippen molar-refractivity contribution in [2.75, 3.05) is 6.61 Å². The molecule has 94 valence electrons. The molecule has 0 bridgehead atoms. The van der Waals surface area contributed by atoms with Crippen molar-refractivity contribution in [3.05, 3.63) is 16.1 Å². The third-order valence-electron chi connectivity index (χ3n) is 3.19. The summed E-state index contributed by atoms with van der Waals surface area (Å²) in [5.41, 5.74) is 1.19. The second kappa shape index (κ2) is 6.15. The molecule has 0 atom stereocenters. The van der Waals surface area contributed by atoms with Gasteiger partial charge in [-0.25, -0.2) is 4.98 Å². The molecular weight excluding hydrogens is 234 g/mol. The van der Waals surface area contributed by atoms with E-state index < -0.39 is 0 Å². The zero-order chi connectivity index (χ0) is 12.1. The van der Waals surface area contributed by atoms with Gasteiger partial charge in [0, 0.05) is 11.3 Å². The van der Waals surface area contributed by atoms with E-state index in [4.69, 9.17) is 4.74 Å². The fourth-order valence-corrected chi connectivity index (χ4v) is 3.19. The van der Waals surface area contributed by atoms with E-state index in [0.717, 1.165) is 5.01 Å². The Labute approximate surface area is 106 Å².